The van der Waals surface area contributed by atoms with E-state index < -0.39 is 0 Å². The maximum Gasteiger partial charge on any atom is 0.128 e. The number of aliphatic hydroxyl groups excluding tert-OH is 2. The average Bonchev–Trinajstić information content (AvgIpc) is 3.01. The minimum atomic E-state index is -0.327. The molecular formula is C35H32O6. The van der Waals surface area contributed by atoms with E-state index in [0.717, 1.165) is 22.3 Å². The van der Waals surface area contributed by atoms with Crippen LogP contribution in [-0.4, -0.2) is 32.6 Å². The molecule has 0 bridgehead atoms. The van der Waals surface area contributed by atoms with Gasteiger partial charge in [0.25, 0.3) is 0 Å². The van der Waals surface area contributed by atoms with Crippen LogP contribution < -0.4 is 4.74 Å². The van der Waals surface area contributed by atoms with E-state index in [1.165, 1.54) is 0 Å². The third-order valence-electron chi connectivity index (χ3n) is 7.27. The Balaban J connectivity index is 1.54. The Morgan fingerprint density at radius 2 is 0.927 bits per heavy atom. The van der Waals surface area contributed by atoms with Crippen molar-refractivity contribution in [1.82, 2.24) is 0 Å². The van der Waals surface area contributed by atoms with Gasteiger partial charge in [0.1, 0.15) is 23.0 Å². The van der Waals surface area contributed by atoms with Crippen molar-refractivity contribution in [2.24, 2.45) is 0 Å². The smallest absolute Gasteiger partial charge is 0.128 e. The lowest BCUT2D eigenvalue weighted by Gasteiger charge is -2.17. The highest BCUT2D eigenvalue weighted by atomic mass is 16.5. The number of aromatic hydroxyl groups is 3. The zero-order valence-corrected chi connectivity index (χ0v) is 22.7. The molecule has 5 N–H and O–H groups in total. The van der Waals surface area contributed by atoms with Crippen LogP contribution in [0.3, 0.4) is 0 Å². The second-order valence-electron chi connectivity index (χ2n) is 10.00. The summed E-state index contributed by atoms with van der Waals surface area (Å²) >= 11 is 0. The van der Waals surface area contributed by atoms with Gasteiger partial charge in [-0.15, -0.1) is 0 Å². The summed E-state index contributed by atoms with van der Waals surface area (Å²) in [5.74, 6) is 0.728. The zero-order valence-electron chi connectivity index (χ0n) is 22.7. The highest BCUT2D eigenvalue weighted by Gasteiger charge is 2.18. The van der Waals surface area contributed by atoms with E-state index in [1.807, 2.05) is 72.8 Å². The fraction of sp³-hybridized carbons (Fsp3) is 0.143. The Kier molecular flexibility index (Phi) is 8.24. The number of hydrogen-bond acceptors (Lipinski definition) is 6. The molecule has 5 aromatic rings. The van der Waals surface area contributed by atoms with Gasteiger partial charge in [0.05, 0.1) is 20.3 Å². The zero-order chi connectivity index (χ0) is 28.9. The first-order valence-corrected chi connectivity index (χ1v) is 13.3. The van der Waals surface area contributed by atoms with Gasteiger partial charge in [-0.3, -0.25) is 0 Å². The molecule has 5 rings (SSSR count). The van der Waals surface area contributed by atoms with Gasteiger partial charge >= 0.3 is 0 Å². The quantitative estimate of drug-likeness (QED) is 0.148. The molecule has 0 aliphatic rings. The SMILES string of the molecule is COc1cc(Cc2cc(CO)c(O)c(-c3ccccc3)c2)c(O)c(Cc2cc(CO)c(O)c(-c3ccccc3)c2)c1. The summed E-state index contributed by atoms with van der Waals surface area (Å²) in [6.07, 6.45) is 0.658. The minimum Gasteiger partial charge on any atom is -0.507 e. The van der Waals surface area contributed by atoms with Gasteiger partial charge < -0.3 is 30.3 Å². The van der Waals surface area contributed by atoms with Crippen LogP contribution in [0.2, 0.25) is 0 Å². The van der Waals surface area contributed by atoms with E-state index in [2.05, 4.69) is 0 Å². The molecule has 0 radical (unpaired) electrons. The van der Waals surface area contributed by atoms with Crippen molar-refractivity contribution in [2.75, 3.05) is 7.11 Å². The third kappa shape index (κ3) is 5.89. The van der Waals surface area contributed by atoms with Crippen molar-refractivity contribution in [1.29, 1.82) is 0 Å². The van der Waals surface area contributed by atoms with Crippen LogP contribution >= 0.6 is 0 Å². The van der Waals surface area contributed by atoms with E-state index in [0.29, 0.717) is 52.0 Å². The van der Waals surface area contributed by atoms with Gasteiger partial charge in [0.15, 0.2) is 0 Å². The largest absolute Gasteiger partial charge is 0.507 e. The molecule has 0 saturated heterocycles. The number of ether oxygens (including phenoxy) is 1. The maximum atomic E-state index is 11.4. The topological polar surface area (TPSA) is 110 Å². The van der Waals surface area contributed by atoms with Crippen LogP contribution in [0.4, 0.5) is 0 Å². The molecule has 5 aromatic carbocycles. The van der Waals surface area contributed by atoms with E-state index in [-0.39, 0.29) is 30.5 Å². The minimum absolute atomic E-state index is 0.0271. The third-order valence-corrected chi connectivity index (χ3v) is 7.27. The van der Waals surface area contributed by atoms with E-state index in [4.69, 9.17) is 4.74 Å². The number of aliphatic hydroxyl groups is 2. The molecule has 41 heavy (non-hydrogen) atoms. The molecule has 6 heteroatoms. The van der Waals surface area contributed by atoms with Crippen molar-refractivity contribution >= 4 is 0 Å². The summed E-state index contributed by atoms with van der Waals surface area (Å²) < 4.78 is 5.57. The van der Waals surface area contributed by atoms with Crippen LogP contribution in [-0.2, 0) is 26.1 Å². The van der Waals surface area contributed by atoms with Crippen molar-refractivity contribution in [3.63, 3.8) is 0 Å². The summed E-state index contributed by atoms with van der Waals surface area (Å²) in [5, 5.41) is 52.8. The van der Waals surface area contributed by atoms with Gasteiger partial charge in [-0.1, -0.05) is 60.7 Å². The number of phenols is 3. The molecule has 0 amide bonds. The predicted octanol–water partition coefficient (Wildman–Crippen LogP) is 6.31. The molecule has 6 nitrogen and oxygen atoms in total. The fourth-order valence-electron chi connectivity index (χ4n) is 5.20. The molecule has 0 aliphatic heterocycles. The monoisotopic (exact) mass is 548 g/mol. The molecule has 208 valence electrons. The lowest BCUT2D eigenvalue weighted by atomic mass is 9.92. The summed E-state index contributed by atoms with van der Waals surface area (Å²) in [5.41, 5.74) is 6.49. The molecular weight excluding hydrogens is 516 g/mol. The maximum absolute atomic E-state index is 11.4. The lowest BCUT2D eigenvalue weighted by Crippen LogP contribution is -2.00. The molecule has 0 aromatic heterocycles. The predicted molar refractivity (Wildman–Crippen MR) is 159 cm³/mol. The number of hydrogen-bond donors (Lipinski definition) is 5. The Hall–Kier alpha value is -4.78. The van der Waals surface area contributed by atoms with E-state index in [9.17, 15) is 25.5 Å². The first kappa shape index (κ1) is 27.8. The number of phenolic OH excluding ortho intramolecular Hbond substituents is 1. The number of rotatable bonds is 9. The van der Waals surface area contributed by atoms with Crippen molar-refractivity contribution in [3.05, 3.63) is 130 Å². The summed E-state index contributed by atoms with van der Waals surface area (Å²) in [6.45, 7) is -0.653. The average molecular weight is 549 g/mol. The normalized spacial score (nSPS) is 11.0. The van der Waals surface area contributed by atoms with E-state index >= 15 is 0 Å². The lowest BCUT2D eigenvalue weighted by molar-refractivity contribution is 0.275. The van der Waals surface area contributed by atoms with Crippen molar-refractivity contribution in [2.45, 2.75) is 26.1 Å². The Morgan fingerprint density at radius 3 is 1.29 bits per heavy atom. The van der Waals surface area contributed by atoms with Crippen LogP contribution in [0.1, 0.15) is 33.4 Å². The number of methoxy groups -OCH3 is 1. The summed E-state index contributed by atoms with van der Waals surface area (Å²) in [4.78, 5) is 0. The van der Waals surface area contributed by atoms with E-state index in [1.54, 1.807) is 31.4 Å². The van der Waals surface area contributed by atoms with Crippen LogP contribution in [0.15, 0.2) is 97.1 Å². The van der Waals surface area contributed by atoms with Crippen molar-refractivity contribution < 1.29 is 30.3 Å². The van der Waals surface area contributed by atoms with Gasteiger partial charge in [0.2, 0.25) is 0 Å². The van der Waals surface area contributed by atoms with Crippen LogP contribution in [0, 0.1) is 0 Å². The van der Waals surface area contributed by atoms with Gasteiger partial charge in [-0.05, 0) is 58.7 Å². The number of benzene rings is 5. The molecule has 0 heterocycles. The second kappa shape index (κ2) is 12.2. The first-order valence-electron chi connectivity index (χ1n) is 13.3. The molecule has 0 spiro atoms. The Labute approximate surface area is 239 Å². The summed E-state index contributed by atoms with van der Waals surface area (Å²) in [7, 11) is 1.57. The molecule has 0 atom stereocenters. The Morgan fingerprint density at radius 1 is 0.512 bits per heavy atom. The van der Waals surface area contributed by atoms with Gasteiger partial charge in [0, 0.05) is 46.2 Å². The highest BCUT2D eigenvalue weighted by Crippen LogP contribution is 2.38. The second-order valence-corrected chi connectivity index (χ2v) is 10.00. The first-order chi connectivity index (χ1) is 19.9. The molecule has 0 aliphatic carbocycles. The fourth-order valence-corrected chi connectivity index (χ4v) is 5.20. The van der Waals surface area contributed by atoms with Crippen LogP contribution in [0.5, 0.6) is 23.0 Å². The Bertz CT molecular complexity index is 1540. The summed E-state index contributed by atoms with van der Waals surface area (Å²) in [6, 6.07) is 29.6. The highest BCUT2D eigenvalue weighted by molar-refractivity contribution is 5.74. The van der Waals surface area contributed by atoms with Gasteiger partial charge in [-0.25, -0.2) is 0 Å². The molecule has 0 saturated carbocycles. The van der Waals surface area contributed by atoms with Crippen LogP contribution in [0.25, 0.3) is 22.3 Å². The molecule has 0 fully saturated rings. The van der Waals surface area contributed by atoms with Gasteiger partial charge in [-0.2, -0.15) is 0 Å². The molecule has 0 unspecified atom stereocenters. The standard InChI is InChI=1S/C35H32O6/c1-41-30-18-26(12-22-14-28(20-36)34(39)31(16-22)24-8-4-2-5-9-24)33(38)27(19-30)13-23-15-29(21-37)35(40)32(17-23)25-10-6-3-7-11-25/h2-11,14-19,36-40H,12-13,20-21H2,1H3. The van der Waals surface area contributed by atoms with Crippen molar-refractivity contribution in [3.8, 4) is 45.3 Å².